The number of carbonyl (C=O) groups is 1. The summed E-state index contributed by atoms with van der Waals surface area (Å²) in [6.45, 7) is 0.197. The van der Waals surface area contributed by atoms with Crippen LogP contribution in [0, 0.1) is 0 Å². The number of hydrogen-bond acceptors (Lipinski definition) is 3. The summed E-state index contributed by atoms with van der Waals surface area (Å²) >= 11 is 10.7. The number of ether oxygens (including phenoxy) is 1. The Morgan fingerprint density at radius 2 is 2.38 bits per heavy atom. The summed E-state index contributed by atoms with van der Waals surface area (Å²) in [6, 6.07) is 5.08. The van der Waals surface area contributed by atoms with Crippen molar-refractivity contribution >= 4 is 40.4 Å². The lowest BCUT2D eigenvalue weighted by Crippen LogP contribution is -2.43. The molecule has 0 fully saturated rings. The van der Waals surface area contributed by atoms with Crippen molar-refractivity contribution in [1.29, 1.82) is 0 Å². The molecule has 84 valence electrons. The molecule has 2 N–H and O–H groups in total. The highest BCUT2D eigenvalue weighted by Gasteiger charge is 2.25. The average Bonchev–Trinajstić information content (AvgIpc) is 2.22. The molecule has 0 saturated carbocycles. The summed E-state index contributed by atoms with van der Waals surface area (Å²) in [5, 5.41) is 0.532. The Bertz CT molecular complexity index is 464. The van der Waals surface area contributed by atoms with Gasteiger partial charge in [0.25, 0.3) is 5.91 Å². The van der Waals surface area contributed by atoms with E-state index in [0.29, 0.717) is 16.5 Å². The third kappa shape index (κ3) is 2.10. The van der Waals surface area contributed by atoms with Crippen molar-refractivity contribution in [3.8, 4) is 5.75 Å². The second-order valence-electron chi connectivity index (χ2n) is 3.35. The number of nitrogens with two attached hydrogens (primary N) is 1. The van der Waals surface area contributed by atoms with Gasteiger partial charge in [0.15, 0.2) is 6.61 Å². The molecule has 0 radical (unpaired) electrons. The van der Waals surface area contributed by atoms with Crippen LogP contribution in [0.3, 0.4) is 0 Å². The molecule has 0 unspecified atom stereocenters. The zero-order chi connectivity index (χ0) is 11.7. The van der Waals surface area contributed by atoms with Gasteiger partial charge in [-0.1, -0.05) is 23.8 Å². The fourth-order valence-corrected chi connectivity index (χ4v) is 1.80. The number of nitrogens with zero attached hydrogens (tertiary/aromatic N) is 1. The van der Waals surface area contributed by atoms with Crippen LogP contribution in [0.25, 0.3) is 0 Å². The van der Waals surface area contributed by atoms with Crippen molar-refractivity contribution < 1.29 is 9.53 Å². The van der Waals surface area contributed by atoms with Gasteiger partial charge in [-0.25, -0.2) is 0 Å². The van der Waals surface area contributed by atoms with E-state index in [9.17, 15) is 4.79 Å². The molecule has 1 aliphatic heterocycles. The van der Waals surface area contributed by atoms with Gasteiger partial charge in [0.1, 0.15) is 5.75 Å². The molecular weight excluding hydrogens is 248 g/mol. The maximum absolute atomic E-state index is 11.6. The number of anilines is 1. The second-order valence-corrected chi connectivity index (χ2v) is 4.31. The van der Waals surface area contributed by atoms with Crippen LogP contribution in [0.15, 0.2) is 18.2 Å². The van der Waals surface area contributed by atoms with Crippen LogP contribution in [0.1, 0.15) is 0 Å². The summed E-state index contributed by atoms with van der Waals surface area (Å²) in [7, 11) is 0. The second kappa shape index (κ2) is 4.27. The maximum Gasteiger partial charge on any atom is 0.265 e. The predicted molar refractivity (Wildman–Crippen MR) is 66.1 cm³/mol. The van der Waals surface area contributed by atoms with Gasteiger partial charge in [0.05, 0.1) is 17.2 Å². The lowest BCUT2D eigenvalue weighted by atomic mass is 10.2. The first kappa shape index (κ1) is 11.2. The number of hydrogen-bond donors (Lipinski definition) is 1. The molecule has 1 heterocycles. The van der Waals surface area contributed by atoms with E-state index in [-0.39, 0.29) is 24.0 Å². The fraction of sp³-hybridized carbons (Fsp3) is 0.200. The zero-order valence-electron chi connectivity index (χ0n) is 8.27. The first-order valence-electron chi connectivity index (χ1n) is 4.59. The van der Waals surface area contributed by atoms with Gasteiger partial charge in [-0.2, -0.15) is 0 Å². The van der Waals surface area contributed by atoms with Crippen LogP contribution in [0.2, 0.25) is 5.02 Å². The lowest BCUT2D eigenvalue weighted by Gasteiger charge is -2.29. The zero-order valence-corrected chi connectivity index (χ0v) is 9.85. The first-order chi connectivity index (χ1) is 7.58. The number of halogens is 1. The van der Waals surface area contributed by atoms with Crippen molar-refractivity contribution in [1.82, 2.24) is 0 Å². The standard InChI is InChI=1S/C10H9ClN2O2S/c11-6-1-2-8-7(3-6)13(4-9(12)16)10(14)5-15-8/h1-3H,4-5H2,(H2,12,16). The van der Waals surface area contributed by atoms with E-state index in [0.717, 1.165) is 0 Å². The number of carbonyl (C=O) groups excluding carboxylic acids is 1. The van der Waals surface area contributed by atoms with Crippen LogP contribution < -0.4 is 15.4 Å². The van der Waals surface area contributed by atoms with Crippen LogP contribution >= 0.6 is 23.8 Å². The van der Waals surface area contributed by atoms with Crippen LogP contribution in [0.4, 0.5) is 5.69 Å². The minimum Gasteiger partial charge on any atom is -0.482 e. The summed E-state index contributed by atoms with van der Waals surface area (Å²) in [4.78, 5) is 13.4. The average molecular weight is 257 g/mol. The van der Waals surface area contributed by atoms with Gasteiger partial charge in [-0.05, 0) is 18.2 Å². The molecule has 2 rings (SSSR count). The van der Waals surface area contributed by atoms with Crippen molar-refractivity contribution in [2.24, 2.45) is 5.73 Å². The first-order valence-corrected chi connectivity index (χ1v) is 5.37. The summed E-state index contributed by atoms with van der Waals surface area (Å²) in [5.74, 6) is 0.433. The third-order valence-electron chi connectivity index (χ3n) is 2.18. The highest BCUT2D eigenvalue weighted by Crippen LogP contribution is 2.34. The Balaban J connectivity index is 2.42. The molecule has 1 amide bonds. The van der Waals surface area contributed by atoms with Crippen molar-refractivity contribution in [2.75, 3.05) is 18.1 Å². The fourth-order valence-electron chi connectivity index (χ4n) is 1.50. The summed E-state index contributed by atoms with van der Waals surface area (Å²) in [6.07, 6.45) is 0. The molecule has 0 bridgehead atoms. The molecule has 0 spiro atoms. The Morgan fingerprint density at radius 1 is 1.62 bits per heavy atom. The largest absolute Gasteiger partial charge is 0.482 e. The van der Waals surface area contributed by atoms with Crippen LogP contribution in [-0.4, -0.2) is 24.0 Å². The highest BCUT2D eigenvalue weighted by molar-refractivity contribution is 7.80. The normalized spacial score (nSPS) is 14.3. The maximum atomic E-state index is 11.6. The van der Waals surface area contributed by atoms with Gasteiger partial charge in [-0.15, -0.1) is 0 Å². The minimum atomic E-state index is -0.178. The highest BCUT2D eigenvalue weighted by atomic mass is 35.5. The lowest BCUT2D eigenvalue weighted by molar-refractivity contribution is -0.121. The van der Waals surface area contributed by atoms with Crippen molar-refractivity contribution in [3.63, 3.8) is 0 Å². The van der Waals surface area contributed by atoms with Crippen molar-refractivity contribution in [3.05, 3.63) is 23.2 Å². The minimum absolute atomic E-state index is 0.00273. The van der Waals surface area contributed by atoms with Gasteiger partial charge in [0, 0.05) is 5.02 Å². The number of amides is 1. The molecule has 0 aliphatic carbocycles. The molecule has 0 atom stereocenters. The Morgan fingerprint density at radius 3 is 3.06 bits per heavy atom. The van der Waals surface area contributed by atoms with E-state index in [1.165, 1.54) is 4.90 Å². The molecule has 0 saturated heterocycles. The molecule has 0 aromatic heterocycles. The summed E-state index contributed by atoms with van der Waals surface area (Å²) < 4.78 is 5.27. The van der Waals surface area contributed by atoms with E-state index in [1.54, 1.807) is 18.2 Å². The molecule has 16 heavy (non-hydrogen) atoms. The van der Waals surface area contributed by atoms with Crippen LogP contribution in [-0.2, 0) is 4.79 Å². The van der Waals surface area contributed by atoms with E-state index < -0.39 is 0 Å². The number of rotatable bonds is 2. The monoisotopic (exact) mass is 256 g/mol. The van der Waals surface area contributed by atoms with Crippen LogP contribution in [0.5, 0.6) is 5.75 Å². The number of fused-ring (bicyclic) bond motifs is 1. The summed E-state index contributed by atoms with van der Waals surface area (Å²) in [5.41, 5.74) is 6.05. The molecule has 1 aliphatic rings. The SMILES string of the molecule is NC(=S)CN1C(=O)COc2ccc(Cl)cc21. The van der Waals surface area contributed by atoms with Gasteiger partial charge in [0.2, 0.25) is 0 Å². The smallest absolute Gasteiger partial charge is 0.265 e. The van der Waals surface area contributed by atoms with E-state index in [4.69, 9.17) is 34.3 Å². The predicted octanol–water partition coefficient (Wildman–Crippen LogP) is 1.35. The topological polar surface area (TPSA) is 55.6 Å². The van der Waals surface area contributed by atoms with Gasteiger partial charge >= 0.3 is 0 Å². The Labute approximate surface area is 103 Å². The van der Waals surface area contributed by atoms with Crippen molar-refractivity contribution in [2.45, 2.75) is 0 Å². The molecule has 1 aromatic carbocycles. The van der Waals surface area contributed by atoms with Gasteiger partial charge < -0.3 is 10.5 Å². The third-order valence-corrected chi connectivity index (χ3v) is 2.54. The molecular formula is C10H9ClN2O2S. The van der Waals surface area contributed by atoms with E-state index in [2.05, 4.69) is 0 Å². The molecule has 1 aromatic rings. The van der Waals surface area contributed by atoms with E-state index in [1.807, 2.05) is 0 Å². The van der Waals surface area contributed by atoms with E-state index >= 15 is 0 Å². The quantitative estimate of drug-likeness (QED) is 0.812. The van der Waals surface area contributed by atoms with Gasteiger partial charge in [-0.3, -0.25) is 9.69 Å². The Kier molecular flexibility index (Phi) is 2.98. The molecule has 6 heteroatoms. The number of thiocarbonyl (C=S) groups is 1. The molecule has 4 nitrogen and oxygen atoms in total. The number of benzene rings is 1. The Hall–Kier alpha value is -1.33.